The van der Waals surface area contributed by atoms with Crippen molar-refractivity contribution in [3.8, 4) is 0 Å². The van der Waals surface area contributed by atoms with Crippen LogP contribution in [0.25, 0.3) is 0 Å². The maximum absolute atomic E-state index is 11.8. The second-order valence-corrected chi connectivity index (χ2v) is 4.88. The Hall–Kier alpha value is -0.590. The molecule has 0 atom stereocenters. The van der Waals surface area contributed by atoms with E-state index < -0.39 is 25.2 Å². The first-order valence-electron chi connectivity index (χ1n) is 4.88. The lowest BCUT2D eigenvalue weighted by Crippen LogP contribution is -2.21. The number of alkyl halides is 3. The van der Waals surface area contributed by atoms with Gasteiger partial charge in [-0.05, 0) is 17.7 Å². The van der Waals surface area contributed by atoms with Gasteiger partial charge in [0, 0.05) is 15.9 Å². The number of ketones is 1. The van der Waals surface area contributed by atoms with E-state index in [2.05, 4.69) is 20.7 Å². The molecule has 0 aromatic heterocycles. The SMILES string of the molecule is O=C(COCC(F)(F)F)Cc1ccc(Br)cc1Cl. The van der Waals surface area contributed by atoms with Gasteiger partial charge in [-0.3, -0.25) is 4.79 Å². The van der Waals surface area contributed by atoms with Gasteiger partial charge in [-0.1, -0.05) is 33.6 Å². The molecule has 0 amide bonds. The van der Waals surface area contributed by atoms with Crippen LogP contribution >= 0.6 is 27.5 Å². The third kappa shape index (κ3) is 5.84. The van der Waals surface area contributed by atoms with Crippen molar-refractivity contribution in [1.82, 2.24) is 0 Å². The number of carbonyl (C=O) groups is 1. The van der Waals surface area contributed by atoms with Gasteiger partial charge in [0.2, 0.25) is 0 Å². The standard InChI is InChI=1S/C11H9BrClF3O2/c12-8-2-1-7(10(13)4-8)3-9(17)5-18-6-11(14,15)16/h1-2,4H,3,5-6H2. The zero-order valence-corrected chi connectivity index (χ0v) is 11.4. The van der Waals surface area contributed by atoms with Crippen molar-refractivity contribution < 1.29 is 22.7 Å². The number of benzene rings is 1. The number of carbonyl (C=O) groups excluding carboxylic acids is 1. The van der Waals surface area contributed by atoms with Crippen molar-refractivity contribution in [1.29, 1.82) is 0 Å². The number of halogens is 5. The molecule has 0 fully saturated rings. The lowest BCUT2D eigenvalue weighted by atomic mass is 10.1. The summed E-state index contributed by atoms with van der Waals surface area (Å²) in [7, 11) is 0. The molecule has 1 rings (SSSR count). The molecule has 0 unspecified atom stereocenters. The Morgan fingerprint density at radius 2 is 2.06 bits per heavy atom. The van der Waals surface area contributed by atoms with Gasteiger partial charge in [0.15, 0.2) is 5.78 Å². The highest BCUT2D eigenvalue weighted by molar-refractivity contribution is 9.10. The summed E-state index contributed by atoms with van der Waals surface area (Å²) >= 11 is 9.08. The molecule has 0 saturated carbocycles. The molecule has 0 spiro atoms. The Labute approximate surface area is 115 Å². The van der Waals surface area contributed by atoms with E-state index in [1.807, 2.05) is 0 Å². The minimum Gasteiger partial charge on any atom is -0.364 e. The Kier molecular flexibility index (Phi) is 5.62. The van der Waals surface area contributed by atoms with Crippen LogP contribution < -0.4 is 0 Å². The van der Waals surface area contributed by atoms with Crippen molar-refractivity contribution in [3.05, 3.63) is 33.3 Å². The van der Waals surface area contributed by atoms with Crippen molar-refractivity contribution in [2.24, 2.45) is 0 Å². The highest BCUT2D eigenvalue weighted by Gasteiger charge is 2.27. The van der Waals surface area contributed by atoms with Gasteiger partial charge in [0.1, 0.15) is 13.2 Å². The maximum atomic E-state index is 11.8. The molecule has 1 aromatic carbocycles. The minimum atomic E-state index is -4.42. The summed E-state index contributed by atoms with van der Waals surface area (Å²) in [4.78, 5) is 11.4. The summed E-state index contributed by atoms with van der Waals surface area (Å²) in [5, 5.41) is 0.383. The van der Waals surface area contributed by atoms with Crippen molar-refractivity contribution in [3.63, 3.8) is 0 Å². The van der Waals surface area contributed by atoms with Crippen LogP contribution in [-0.2, 0) is 16.0 Å². The molecule has 0 saturated heterocycles. The van der Waals surface area contributed by atoms with E-state index in [0.29, 0.717) is 10.6 Å². The largest absolute Gasteiger partial charge is 0.411 e. The summed E-state index contributed by atoms with van der Waals surface area (Å²) in [6, 6.07) is 4.94. The number of hydrogen-bond donors (Lipinski definition) is 0. The zero-order valence-electron chi connectivity index (χ0n) is 9.06. The van der Waals surface area contributed by atoms with E-state index in [9.17, 15) is 18.0 Å². The third-order valence-electron chi connectivity index (χ3n) is 1.93. The molecule has 100 valence electrons. The van der Waals surface area contributed by atoms with E-state index in [1.165, 1.54) is 0 Å². The van der Waals surface area contributed by atoms with Gasteiger partial charge in [-0.15, -0.1) is 0 Å². The molecule has 7 heteroatoms. The second-order valence-electron chi connectivity index (χ2n) is 3.56. The molecule has 0 radical (unpaired) electrons. The van der Waals surface area contributed by atoms with Crippen molar-refractivity contribution in [2.45, 2.75) is 12.6 Å². The fraction of sp³-hybridized carbons (Fsp3) is 0.364. The first-order chi connectivity index (χ1) is 8.28. The molecule has 0 aliphatic carbocycles. The van der Waals surface area contributed by atoms with Gasteiger partial charge >= 0.3 is 6.18 Å². The van der Waals surface area contributed by atoms with Gasteiger partial charge in [0.25, 0.3) is 0 Å². The number of rotatable bonds is 5. The molecular weight excluding hydrogens is 336 g/mol. The third-order valence-corrected chi connectivity index (χ3v) is 2.78. The lowest BCUT2D eigenvalue weighted by Gasteiger charge is -2.07. The van der Waals surface area contributed by atoms with Gasteiger partial charge in [-0.25, -0.2) is 0 Å². The molecule has 0 bridgehead atoms. The summed E-state index contributed by atoms with van der Waals surface area (Å²) in [5.74, 6) is -0.455. The van der Waals surface area contributed by atoms with Gasteiger partial charge in [-0.2, -0.15) is 13.2 Å². The quantitative estimate of drug-likeness (QED) is 0.811. The average Bonchev–Trinajstić information content (AvgIpc) is 2.20. The number of Topliss-reactive ketones (excluding diaryl/α,β-unsaturated/α-hetero) is 1. The smallest absolute Gasteiger partial charge is 0.364 e. The van der Waals surface area contributed by atoms with Crippen LogP contribution in [-0.4, -0.2) is 25.2 Å². The van der Waals surface area contributed by atoms with Crippen LogP contribution in [0.1, 0.15) is 5.56 Å². The molecular formula is C11H9BrClF3O2. The van der Waals surface area contributed by atoms with Crippen LogP contribution in [0.4, 0.5) is 13.2 Å². The predicted molar refractivity (Wildman–Crippen MR) is 64.7 cm³/mol. The monoisotopic (exact) mass is 344 g/mol. The van der Waals surface area contributed by atoms with Crippen LogP contribution in [0.3, 0.4) is 0 Å². The second kappa shape index (κ2) is 6.54. The molecule has 0 aliphatic rings. The summed E-state index contributed by atoms with van der Waals surface area (Å²) in [6.07, 6.45) is -4.47. The lowest BCUT2D eigenvalue weighted by molar-refractivity contribution is -0.175. The predicted octanol–water partition coefficient (Wildman–Crippen LogP) is 3.79. The molecule has 0 heterocycles. The average molecular weight is 346 g/mol. The highest BCUT2D eigenvalue weighted by atomic mass is 79.9. The first kappa shape index (κ1) is 15.5. The zero-order chi connectivity index (χ0) is 13.8. The molecule has 2 nitrogen and oxygen atoms in total. The summed E-state index contributed by atoms with van der Waals surface area (Å²) < 4.78 is 40.4. The Morgan fingerprint density at radius 1 is 1.39 bits per heavy atom. The highest BCUT2D eigenvalue weighted by Crippen LogP contribution is 2.22. The minimum absolute atomic E-state index is 0.0516. The van der Waals surface area contributed by atoms with Crippen LogP contribution in [0, 0.1) is 0 Å². The van der Waals surface area contributed by atoms with Crippen molar-refractivity contribution >= 4 is 33.3 Å². The Balaban J connectivity index is 2.45. The molecule has 0 aliphatic heterocycles. The number of hydrogen-bond acceptors (Lipinski definition) is 2. The molecule has 0 N–H and O–H groups in total. The number of ether oxygens (including phenoxy) is 1. The van der Waals surface area contributed by atoms with Gasteiger partial charge in [0.05, 0.1) is 0 Å². The molecule has 18 heavy (non-hydrogen) atoms. The Bertz CT molecular complexity index is 435. The van der Waals surface area contributed by atoms with E-state index in [4.69, 9.17) is 11.6 Å². The van der Waals surface area contributed by atoms with E-state index in [-0.39, 0.29) is 6.42 Å². The van der Waals surface area contributed by atoms with E-state index >= 15 is 0 Å². The van der Waals surface area contributed by atoms with Gasteiger partial charge < -0.3 is 4.74 Å². The van der Waals surface area contributed by atoms with E-state index in [1.54, 1.807) is 18.2 Å². The maximum Gasteiger partial charge on any atom is 0.411 e. The fourth-order valence-corrected chi connectivity index (χ4v) is 1.95. The topological polar surface area (TPSA) is 26.3 Å². The fourth-order valence-electron chi connectivity index (χ4n) is 1.21. The van der Waals surface area contributed by atoms with Crippen LogP contribution in [0.15, 0.2) is 22.7 Å². The van der Waals surface area contributed by atoms with E-state index in [0.717, 1.165) is 4.47 Å². The first-order valence-corrected chi connectivity index (χ1v) is 6.05. The van der Waals surface area contributed by atoms with Crippen molar-refractivity contribution in [2.75, 3.05) is 13.2 Å². The normalized spacial score (nSPS) is 11.6. The van der Waals surface area contributed by atoms with Crippen LogP contribution in [0.5, 0.6) is 0 Å². The van der Waals surface area contributed by atoms with Crippen LogP contribution in [0.2, 0.25) is 5.02 Å². The molecule has 1 aromatic rings. The summed E-state index contributed by atoms with van der Waals surface area (Å²) in [5.41, 5.74) is 0.556. The Morgan fingerprint density at radius 3 is 2.61 bits per heavy atom. The summed E-state index contributed by atoms with van der Waals surface area (Å²) in [6.45, 7) is -2.00.